The van der Waals surface area contributed by atoms with E-state index in [4.69, 9.17) is 4.42 Å². The first-order chi connectivity index (χ1) is 12.2. The first kappa shape index (κ1) is 15.7. The van der Waals surface area contributed by atoms with Crippen LogP contribution < -0.4 is 0 Å². The summed E-state index contributed by atoms with van der Waals surface area (Å²) in [5, 5.41) is 11.8. The van der Waals surface area contributed by atoms with E-state index >= 15 is 0 Å². The van der Waals surface area contributed by atoms with Crippen LogP contribution in [0, 0.1) is 0 Å². The number of rotatable bonds is 4. The fraction of sp³-hybridized carbons (Fsp3) is 0.158. The maximum Gasteiger partial charge on any atom is 0.313 e. The molecule has 3 aromatic rings. The first-order valence-corrected chi connectivity index (χ1v) is 8.73. The maximum atomic E-state index is 13.1. The van der Waals surface area contributed by atoms with Crippen molar-refractivity contribution in [2.75, 3.05) is 0 Å². The number of hydrogen-bond acceptors (Lipinski definition) is 4. The number of aliphatic carboxylic acids is 1. The molecule has 3 heterocycles. The molecule has 4 rings (SSSR count). The lowest BCUT2D eigenvalue weighted by Crippen LogP contribution is -2.44. The minimum Gasteiger partial charge on any atom is -0.481 e. The molecule has 1 amide bonds. The van der Waals surface area contributed by atoms with Crippen molar-refractivity contribution in [1.29, 1.82) is 0 Å². The van der Waals surface area contributed by atoms with Crippen molar-refractivity contribution in [3.63, 3.8) is 0 Å². The molecule has 0 spiro atoms. The number of nitrogens with zero attached hydrogens (tertiary/aromatic N) is 1. The smallest absolute Gasteiger partial charge is 0.313 e. The Morgan fingerprint density at radius 1 is 1.16 bits per heavy atom. The Morgan fingerprint density at radius 2 is 2.00 bits per heavy atom. The van der Waals surface area contributed by atoms with Gasteiger partial charge in [0.1, 0.15) is 11.7 Å². The van der Waals surface area contributed by atoms with Crippen LogP contribution in [0.2, 0.25) is 0 Å². The minimum absolute atomic E-state index is 0.178. The predicted molar refractivity (Wildman–Crippen MR) is 92.5 cm³/mol. The molecule has 0 saturated heterocycles. The van der Waals surface area contributed by atoms with Crippen LogP contribution in [-0.2, 0) is 11.3 Å². The third-order valence-corrected chi connectivity index (χ3v) is 5.39. The zero-order chi connectivity index (χ0) is 17.4. The maximum absolute atomic E-state index is 13.1. The summed E-state index contributed by atoms with van der Waals surface area (Å²) in [6.45, 7) is 0.229. The molecular formula is C19H15NO4S. The molecule has 5 nitrogen and oxygen atoms in total. The van der Waals surface area contributed by atoms with Gasteiger partial charge in [0.15, 0.2) is 0 Å². The highest BCUT2D eigenvalue weighted by molar-refractivity contribution is 7.10. The molecule has 2 unspecified atom stereocenters. The summed E-state index contributed by atoms with van der Waals surface area (Å²) >= 11 is 1.46. The second-order valence-electron chi connectivity index (χ2n) is 5.88. The number of carboxylic acid groups (broad SMARTS) is 1. The standard InChI is InChI=1S/C19H15NO4S/c21-18-14-7-2-1-6-13(14)16(19(22)23)17(15-8-4-10-25-15)20(18)11-12-5-3-9-24-12/h1-10,16-17H,11H2,(H,22,23). The quantitative estimate of drug-likeness (QED) is 0.772. The van der Waals surface area contributed by atoms with Gasteiger partial charge in [0.25, 0.3) is 5.91 Å². The number of thiophene rings is 1. The second kappa shape index (κ2) is 6.22. The van der Waals surface area contributed by atoms with Crippen LogP contribution in [0.3, 0.4) is 0 Å². The van der Waals surface area contributed by atoms with Crippen LogP contribution in [0.15, 0.2) is 64.6 Å². The molecule has 0 aliphatic carbocycles. The SMILES string of the molecule is O=C(O)C1c2ccccc2C(=O)N(Cc2ccco2)C1c1cccs1. The van der Waals surface area contributed by atoms with Crippen LogP contribution >= 0.6 is 11.3 Å². The van der Waals surface area contributed by atoms with Crippen molar-refractivity contribution in [3.8, 4) is 0 Å². The summed E-state index contributed by atoms with van der Waals surface area (Å²) in [7, 11) is 0. The Balaban J connectivity index is 1.88. The number of carboxylic acids is 1. The Morgan fingerprint density at radius 3 is 2.68 bits per heavy atom. The molecule has 1 aliphatic heterocycles. The van der Waals surface area contributed by atoms with Crippen LogP contribution in [0.1, 0.15) is 38.5 Å². The van der Waals surface area contributed by atoms with Gasteiger partial charge in [-0.25, -0.2) is 0 Å². The number of carbonyl (C=O) groups is 2. The number of amides is 1. The summed E-state index contributed by atoms with van der Waals surface area (Å²) in [5.74, 6) is -1.31. The van der Waals surface area contributed by atoms with Crippen molar-refractivity contribution >= 4 is 23.2 Å². The average molecular weight is 353 g/mol. The van der Waals surface area contributed by atoms with E-state index < -0.39 is 17.9 Å². The molecule has 0 bridgehead atoms. The Labute approximate surface area is 148 Å². The minimum atomic E-state index is -0.942. The van der Waals surface area contributed by atoms with Crippen molar-refractivity contribution in [2.24, 2.45) is 0 Å². The van der Waals surface area contributed by atoms with E-state index in [9.17, 15) is 14.7 Å². The zero-order valence-corrected chi connectivity index (χ0v) is 14.0. The molecule has 1 aliphatic rings. The highest BCUT2D eigenvalue weighted by Crippen LogP contribution is 2.44. The molecule has 0 saturated carbocycles. The van der Waals surface area contributed by atoms with Gasteiger partial charge in [-0.2, -0.15) is 0 Å². The number of carbonyl (C=O) groups excluding carboxylic acids is 1. The number of hydrogen-bond donors (Lipinski definition) is 1. The highest BCUT2D eigenvalue weighted by Gasteiger charge is 2.44. The molecule has 25 heavy (non-hydrogen) atoms. The lowest BCUT2D eigenvalue weighted by molar-refractivity contribution is -0.140. The van der Waals surface area contributed by atoms with E-state index in [0.29, 0.717) is 16.9 Å². The topological polar surface area (TPSA) is 70.8 Å². The van der Waals surface area contributed by atoms with Gasteiger partial charge >= 0.3 is 5.97 Å². The number of fused-ring (bicyclic) bond motifs is 1. The van der Waals surface area contributed by atoms with Gasteiger partial charge in [0, 0.05) is 10.4 Å². The van der Waals surface area contributed by atoms with E-state index in [1.165, 1.54) is 11.3 Å². The second-order valence-corrected chi connectivity index (χ2v) is 6.86. The van der Waals surface area contributed by atoms with Gasteiger partial charge in [-0.15, -0.1) is 11.3 Å². The first-order valence-electron chi connectivity index (χ1n) is 7.85. The van der Waals surface area contributed by atoms with Crippen LogP contribution in [0.4, 0.5) is 0 Å². The zero-order valence-electron chi connectivity index (χ0n) is 13.2. The molecule has 2 aromatic heterocycles. The van der Waals surface area contributed by atoms with Crippen molar-refractivity contribution in [2.45, 2.75) is 18.5 Å². The Bertz CT molecular complexity index is 901. The van der Waals surface area contributed by atoms with Crippen LogP contribution in [0.5, 0.6) is 0 Å². The Kier molecular flexibility index (Phi) is 3.89. The summed E-state index contributed by atoms with van der Waals surface area (Å²) in [5.41, 5.74) is 1.00. The average Bonchev–Trinajstić information content (AvgIpc) is 3.30. The Hall–Kier alpha value is -2.86. The molecule has 2 atom stereocenters. The largest absolute Gasteiger partial charge is 0.481 e. The van der Waals surface area contributed by atoms with Gasteiger partial charge < -0.3 is 14.4 Å². The fourth-order valence-corrected chi connectivity index (χ4v) is 4.25. The van der Waals surface area contributed by atoms with Gasteiger partial charge in [-0.05, 0) is 35.2 Å². The summed E-state index contributed by atoms with van der Waals surface area (Å²) in [6.07, 6.45) is 1.55. The van der Waals surface area contributed by atoms with Crippen molar-refractivity contribution < 1.29 is 19.1 Å². The third kappa shape index (κ3) is 2.64. The van der Waals surface area contributed by atoms with Gasteiger partial charge in [-0.3, -0.25) is 9.59 Å². The molecule has 1 aromatic carbocycles. The van der Waals surface area contributed by atoms with E-state index in [0.717, 1.165) is 4.88 Å². The monoisotopic (exact) mass is 353 g/mol. The lowest BCUT2D eigenvalue weighted by atomic mass is 9.82. The number of furan rings is 1. The van der Waals surface area contributed by atoms with E-state index in [-0.39, 0.29) is 12.5 Å². The molecule has 126 valence electrons. The lowest BCUT2D eigenvalue weighted by Gasteiger charge is -2.39. The van der Waals surface area contributed by atoms with Crippen molar-refractivity contribution in [1.82, 2.24) is 4.90 Å². The summed E-state index contributed by atoms with van der Waals surface area (Å²) in [4.78, 5) is 27.7. The fourth-order valence-electron chi connectivity index (χ4n) is 3.38. The van der Waals surface area contributed by atoms with E-state index in [1.54, 1.807) is 47.6 Å². The summed E-state index contributed by atoms with van der Waals surface area (Å²) in [6, 6.07) is 13.7. The normalized spacial score (nSPS) is 19.7. The van der Waals surface area contributed by atoms with Crippen LogP contribution in [0.25, 0.3) is 0 Å². The van der Waals surface area contributed by atoms with E-state index in [2.05, 4.69) is 0 Å². The van der Waals surface area contributed by atoms with E-state index in [1.807, 2.05) is 17.5 Å². The van der Waals surface area contributed by atoms with Gasteiger partial charge in [0.05, 0.1) is 18.8 Å². The number of benzene rings is 1. The molecular weight excluding hydrogens is 338 g/mol. The van der Waals surface area contributed by atoms with Crippen LogP contribution in [-0.4, -0.2) is 21.9 Å². The molecule has 6 heteroatoms. The predicted octanol–water partition coefficient (Wildman–Crippen LogP) is 3.91. The molecule has 0 radical (unpaired) electrons. The van der Waals surface area contributed by atoms with Crippen molar-refractivity contribution in [3.05, 3.63) is 81.9 Å². The van der Waals surface area contributed by atoms with Gasteiger partial charge in [0.2, 0.25) is 0 Å². The molecule has 0 fully saturated rings. The highest BCUT2D eigenvalue weighted by atomic mass is 32.1. The summed E-state index contributed by atoms with van der Waals surface area (Å²) < 4.78 is 5.40. The third-order valence-electron chi connectivity index (χ3n) is 4.45. The van der Waals surface area contributed by atoms with Gasteiger partial charge in [-0.1, -0.05) is 24.3 Å². The molecule has 1 N–H and O–H groups in total.